The Morgan fingerprint density at radius 3 is 2.89 bits per heavy atom. The molecule has 3 rings (SSSR count). The fourth-order valence-electron chi connectivity index (χ4n) is 2.27. The number of hydrogen-bond donors (Lipinski definition) is 2. The standard InChI is InChI=1S/C11H13F2N5O/c12-9(13)7-3-6-8(19-17-10(6)15)11(16-7)18-2-1-5(14)4-18/h3,5,9H,1-2,4,14H2,(H2,15,17). The highest BCUT2D eigenvalue weighted by atomic mass is 19.3. The lowest BCUT2D eigenvalue weighted by atomic mass is 10.2. The first-order valence-electron chi connectivity index (χ1n) is 5.90. The van der Waals surface area contributed by atoms with Crippen LogP contribution in [0.3, 0.4) is 0 Å². The van der Waals surface area contributed by atoms with Crippen molar-refractivity contribution in [1.82, 2.24) is 10.1 Å². The molecule has 0 amide bonds. The molecule has 2 aromatic rings. The highest BCUT2D eigenvalue weighted by molar-refractivity contribution is 5.94. The number of halogens is 2. The number of fused-ring (bicyclic) bond motifs is 1. The van der Waals surface area contributed by atoms with Gasteiger partial charge in [-0.3, -0.25) is 0 Å². The van der Waals surface area contributed by atoms with E-state index in [2.05, 4.69) is 10.1 Å². The van der Waals surface area contributed by atoms with Gasteiger partial charge < -0.3 is 20.9 Å². The minimum absolute atomic E-state index is 0.00678. The summed E-state index contributed by atoms with van der Waals surface area (Å²) in [5.74, 6) is 0.425. The normalized spacial score (nSPS) is 19.8. The van der Waals surface area contributed by atoms with E-state index in [-0.39, 0.29) is 17.6 Å². The number of alkyl halides is 2. The number of aromatic nitrogens is 2. The molecule has 1 aliphatic heterocycles. The highest BCUT2D eigenvalue weighted by Gasteiger charge is 2.26. The van der Waals surface area contributed by atoms with Gasteiger partial charge in [0.15, 0.2) is 11.6 Å². The monoisotopic (exact) mass is 269 g/mol. The molecule has 0 aromatic carbocycles. The molecule has 6 nitrogen and oxygen atoms in total. The quantitative estimate of drug-likeness (QED) is 0.852. The first-order chi connectivity index (χ1) is 9.06. The van der Waals surface area contributed by atoms with Crippen LogP contribution in [0.25, 0.3) is 11.0 Å². The number of nitrogen functional groups attached to an aromatic ring is 1. The Kier molecular flexibility index (Phi) is 2.74. The predicted octanol–water partition coefficient (Wildman–Crippen LogP) is 1.28. The van der Waals surface area contributed by atoms with Crippen molar-refractivity contribution in [3.63, 3.8) is 0 Å². The Labute approximate surface area is 107 Å². The molecule has 2 aromatic heterocycles. The summed E-state index contributed by atoms with van der Waals surface area (Å²) in [7, 11) is 0. The minimum Gasteiger partial charge on any atom is -0.380 e. The van der Waals surface area contributed by atoms with Crippen molar-refractivity contribution in [2.75, 3.05) is 23.7 Å². The van der Waals surface area contributed by atoms with Gasteiger partial charge >= 0.3 is 0 Å². The van der Waals surface area contributed by atoms with E-state index in [4.69, 9.17) is 16.0 Å². The van der Waals surface area contributed by atoms with Gasteiger partial charge in [0.2, 0.25) is 5.58 Å². The largest absolute Gasteiger partial charge is 0.380 e. The van der Waals surface area contributed by atoms with Crippen molar-refractivity contribution in [2.45, 2.75) is 18.9 Å². The van der Waals surface area contributed by atoms with Crippen LogP contribution in [0.15, 0.2) is 10.6 Å². The van der Waals surface area contributed by atoms with Crippen molar-refractivity contribution in [2.24, 2.45) is 5.73 Å². The molecule has 1 unspecified atom stereocenters. The summed E-state index contributed by atoms with van der Waals surface area (Å²) in [6, 6.07) is 1.22. The topological polar surface area (TPSA) is 94.2 Å². The van der Waals surface area contributed by atoms with Crippen LogP contribution in [-0.4, -0.2) is 29.3 Å². The summed E-state index contributed by atoms with van der Waals surface area (Å²) in [4.78, 5) is 5.78. The molecule has 0 saturated carbocycles. The van der Waals surface area contributed by atoms with Gasteiger partial charge in [0, 0.05) is 19.1 Å². The second-order valence-electron chi connectivity index (χ2n) is 4.61. The number of nitrogens with two attached hydrogens (primary N) is 2. The van der Waals surface area contributed by atoms with Crippen LogP contribution < -0.4 is 16.4 Å². The van der Waals surface area contributed by atoms with E-state index in [1.54, 1.807) is 0 Å². The van der Waals surface area contributed by atoms with Crippen LogP contribution >= 0.6 is 0 Å². The van der Waals surface area contributed by atoms with Crippen LogP contribution in [0.4, 0.5) is 20.4 Å². The molecule has 8 heteroatoms. The smallest absolute Gasteiger partial charge is 0.280 e. The SMILES string of the molecule is Nc1noc2c(N3CCC(N)C3)nc(C(F)F)cc12. The molecule has 1 aliphatic rings. The molecule has 1 atom stereocenters. The van der Waals surface area contributed by atoms with Crippen LogP contribution in [0, 0.1) is 0 Å². The third-order valence-corrected chi connectivity index (χ3v) is 3.23. The van der Waals surface area contributed by atoms with E-state index < -0.39 is 6.43 Å². The van der Waals surface area contributed by atoms with Crippen molar-refractivity contribution < 1.29 is 13.3 Å². The van der Waals surface area contributed by atoms with E-state index in [1.807, 2.05) is 4.90 Å². The number of rotatable bonds is 2. The van der Waals surface area contributed by atoms with Gasteiger partial charge in [0.05, 0.1) is 5.39 Å². The molecular formula is C11H13F2N5O. The Bertz CT molecular complexity index is 614. The molecule has 3 heterocycles. The Morgan fingerprint density at radius 1 is 1.47 bits per heavy atom. The van der Waals surface area contributed by atoms with E-state index >= 15 is 0 Å². The van der Waals surface area contributed by atoms with Gasteiger partial charge in [0.1, 0.15) is 5.69 Å². The molecular weight excluding hydrogens is 256 g/mol. The Hall–Kier alpha value is -1.96. The van der Waals surface area contributed by atoms with E-state index in [0.717, 1.165) is 6.42 Å². The van der Waals surface area contributed by atoms with Gasteiger partial charge in [-0.1, -0.05) is 5.16 Å². The lowest BCUT2D eigenvalue weighted by molar-refractivity contribution is 0.146. The Balaban J connectivity index is 2.15. The minimum atomic E-state index is -2.67. The molecule has 0 bridgehead atoms. The molecule has 4 N–H and O–H groups in total. The number of hydrogen-bond acceptors (Lipinski definition) is 6. The highest BCUT2D eigenvalue weighted by Crippen LogP contribution is 2.33. The van der Waals surface area contributed by atoms with Crippen molar-refractivity contribution >= 4 is 22.6 Å². The van der Waals surface area contributed by atoms with Gasteiger partial charge in [0.25, 0.3) is 6.43 Å². The maximum absolute atomic E-state index is 12.9. The van der Waals surface area contributed by atoms with Gasteiger partial charge in [-0.05, 0) is 12.5 Å². The zero-order valence-corrected chi connectivity index (χ0v) is 10.0. The third-order valence-electron chi connectivity index (χ3n) is 3.23. The van der Waals surface area contributed by atoms with Crippen molar-refractivity contribution in [3.05, 3.63) is 11.8 Å². The van der Waals surface area contributed by atoms with Gasteiger partial charge in [-0.15, -0.1) is 0 Å². The van der Waals surface area contributed by atoms with Crippen LogP contribution in [0.2, 0.25) is 0 Å². The number of nitrogens with zero attached hydrogens (tertiary/aromatic N) is 3. The molecule has 1 fully saturated rings. The zero-order valence-electron chi connectivity index (χ0n) is 10.0. The summed E-state index contributed by atoms with van der Waals surface area (Å²) >= 11 is 0. The molecule has 0 spiro atoms. The zero-order chi connectivity index (χ0) is 13.6. The Morgan fingerprint density at radius 2 is 2.26 bits per heavy atom. The summed E-state index contributed by atoms with van der Waals surface area (Å²) in [6.07, 6.45) is -1.89. The second kappa shape index (κ2) is 4.30. The number of anilines is 2. The number of pyridine rings is 1. The van der Waals surface area contributed by atoms with Crippen molar-refractivity contribution in [1.29, 1.82) is 0 Å². The van der Waals surface area contributed by atoms with E-state index in [9.17, 15) is 8.78 Å². The fraction of sp³-hybridized carbons (Fsp3) is 0.455. The molecule has 1 saturated heterocycles. The summed E-state index contributed by atoms with van der Waals surface area (Å²) in [5.41, 5.74) is 11.4. The molecule has 0 radical (unpaired) electrons. The van der Waals surface area contributed by atoms with Crippen LogP contribution in [0.1, 0.15) is 18.5 Å². The third kappa shape index (κ3) is 1.97. The summed E-state index contributed by atoms with van der Waals surface area (Å²) in [6.45, 7) is 1.20. The lowest BCUT2D eigenvalue weighted by Gasteiger charge is -2.17. The van der Waals surface area contributed by atoms with Crippen LogP contribution in [0.5, 0.6) is 0 Å². The van der Waals surface area contributed by atoms with Gasteiger partial charge in [-0.25, -0.2) is 13.8 Å². The maximum Gasteiger partial charge on any atom is 0.280 e. The average Bonchev–Trinajstić information content (AvgIpc) is 2.95. The molecule has 19 heavy (non-hydrogen) atoms. The van der Waals surface area contributed by atoms with Crippen LogP contribution in [-0.2, 0) is 0 Å². The van der Waals surface area contributed by atoms with Crippen molar-refractivity contribution in [3.8, 4) is 0 Å². The lowest BCUT2D eigenvalue weighted by Crippen LogP contribution is -2.27. The predicted molar refractivity (Wildman–Crippen MR) is 66.0 cm³/mol. The summed E-state index contributed by atoms with van der Waals surface area (Å²) in [5, 5.41) is 3.97. The van der Waals surface area contributed by atoms with E-state index in [0.29, 0.717) is 29.9 Å². The first-order valence-corrected chi connectivity index (χ1v) is 5.90. The fourth-order valence-corrected chi connectivity index (χ4v) is 2.27. The second-order valence-corrected chi connectivity index (χ2v) is 4.61. The average molecular weight is 269 g/mol. The van der Waals surface area contributed by atoms with Gasteiger partial charge in [-0.2, -0.15) is 0 Å². The summed E-state index contributed by atoms with van der Waals surface area (Å²) < 4.78 is 30.9. The van der Waals surface area contributed by atoms with E-state index in [1.165, 1.54) is 6.07 Å². The molecule has 102 valence electrons. The maximum atomic E-state index is 12.9. The first kappa shape index (κ1) is 12.1. The molecule has 0 aliphatic carbocycles.